The first-order valence-electron chi connectivity index (χ1n) is 9.68. The quantitative estimate of drug-likeness (QED) is 0.461. The number of thiocarbonyl (C=S) groups is 1. The Bertz CT molecular complexity index is 767. The fourth-order valence-corrected chi connectivity index (χ4v) is 3.36. The number of hydrogen-bond donors (Lipinski definition) is 2. The number of aliphatic carboxylic acids is 2. The predicted molar refractivity (Wildman–Crippen MR) is 120 cm³/mol. The largest absolute Gasteiger partial charge is 0.478 e. The van der Waals surface area contributed by atoms with Crippen LogP contribution in [0.2, 0.25) is 0 Å². The fraction of sp³-hybridized carbons (Fsp3) is 0.500. The summed E-state index contributed by atoms with van der Waals surface area (Å²) in [6.45, 7) is 6.49. The summed E-state index contributed by atoms with van der Waals surface area (Å²) in [4.78, 5) is 31.3. The number of carboxylic acid groups (broad SMARTS) is 2. The minimum atomic E-state index is -1.26. The van der Waals surface area contributed by atoms with Gasteiger partial charge in [0, 0.05) is 58.1 Å². The van der Waals surface area contributed by atoms with Crippen LogP contribution in [0.4, 0.5) is 0 Å². The molecule has 0 aromatic carbocycles. The van der Waals surface area contributed by atoms with Crippen molar-refractivity contribution in [3.63, 3.8) is 0 Å². The molecule has 1 atom stereocenters. The van der Waals surface area contributed by atoms with E-state index in [0.29, 0.717) is 18.0 Å². The maximum absolute atomic E-state index is 9.55. The number of aromatic nitrogens is 1. The van der Waals surface area contributed by atoms with Gasteiger partial charge in [-0.25, -0.2) is 14.6 Å². The Morgan fingerprint density at radius 2 is 1.81 bits per heavy atom. The van der Waals surface area contributed by atoms with Crippen LogP contribution in [0, 0.1) is 0 Å². The second-order valence-corrected chi connectivity index (χ2v) is 7.61. The highest BCUT2D eigenvalue weighted by molar-refractivity contribution is 7.80. The molecule has 0 aliphatic carbocycles. The lowest BCUT2D eigenvalue weighted by atomic mass is 10.2. The van der Waals surface area contributed by atoms with E-state index in [-0.39, 0.29) is 11.6 Å². The molecular weight excluding hydrogens is 424 g/mol. The Hall–Kier alpha value is -2.60. The number of rotatable bonds is 5. The van der Waals surface area contributed by atoms with E-state index in [1.165, 1.54) is 0 Å². The van der Waals surface area contributed by atoms with Crippen LogP contribution in [0.5, 0.6) is 5.88 Å². The van der Waals surface area contributed by atoms with Gasteiger partial charge in [0.25, 0.3) is 0 Å². The summed E-state index contributed by atoms with van der Waals surface area (Å²) in [7, 11) is 4.22. The van der Waals surface area contributed by atoms with Gasteiger partial charge in [-0.15, -0.1) is 0 Å². The van der Waals surface area contributed by atoms with Crippen LogP contribution in [0.1, 0.15) is 12.0 Å². The summed E-state index contributed by atoms with van der Waals surface area (Å²) in [5.41, 5.74) is 0.932. The topological polar surface area (TPSA) is 138 Å². The lowest BCUT2D eigenvalue weighted by molar-refractivity contribution is -0.134. The summed E-state index contributed by atoms with van der Waals surface area (Å²) in [5, 5.41) is 15.6. The second kappa shape index (κ2) is 13.0. The molecule has 172 valence electrons. The van der Waals surface area contributed by atoms with E-state index >= 15 is 0 Å². The van der Waals surface area contributed by atoms with Crippen molar-refractivity contribution in [2.24, 2.45) is 0 Å². The molecule has 11 heteroatoms. The summed E-state index contributed by atoms with van der Waals surface area (Å²) in [6.07, 6.45) is 4.03. The normalized spacial score (nSPS) is 19.4. The van der Waals surface area contributed by atoms with Crippen molar-refractivity contribution in [1.82, 2.24) is 19.7 Å². The summed E-state index contributed by atoms with van der Waals surface area (Å²) in [5.74, 6) is -1.83. The predicted octanol–water partition coefficient (Wildman–Crippen LogP) is -0.0255. The van der Waals surface area contributed by atoms with Crippen LogP contribution in [0.15, 0.2) is 30.5 Å². The van der Waals surface area contributed by atoms with E-state index in [2.05, 4.69) is 26.7 Å². The van der Waals surface area contributed by atoms with E-state index in [9.17, 15) is 9.59 Å². The highest BCUT2D eigenvalue weighted by Gasteiger charge is 2.25. The second-order valence-electron chi connectivity index (χ2n) is 7.23. The molecule has 2 aliphatic heterocycles. The summed E-state index contributed by atoms with van der Waals surface area (Å²) >= 11 is 5.54. The Balaban J connectivity index is 0.000000461. The maximum Gasteiger partial charge on any atom is 0.328 e. The third kappa shape index (κ3) is 8.97. The van der Waals surface area contributed by atoms with Crippen molar-refractivity contribution in [1.29, 1.82) is 0 Å². The molecule has 1 saturated heterocycles. The average Bonchev–Trinajstić information content (AvgIpc) is 2.83. The number of ether oxygens (including phenoxy) is 1. The third-order valence-corrected chi connectivity index (χ3v) is 5.37. The minimum absolute atomic E-state index is 0. The lowest BCUT2D eigenvalue weighted by Gasteiger charge is -2.33. The van der Waals surface area contributed by atoms with Gasteiger partial charge in [-0.1, -0.05) is 12.2 Å². The van der Waals surface area contributed by atoms with Gasteiger partial charge in [0.05, 0.1) is 12.1 Å². The summed E-state index contributed by atoms with van der Waals surface area (Å²) in [6, 6.07) is 3.90. The molecule has 1 aromatic heterocycles. The highest BCUT2D eigenvalue weighted by Crippen LogP contribution is 2.23. The lowest BCUT2D eigenvalue weighted by Crippen LogP contribution is -2.46. The molecule has 1 unspecified atom stereocenters. The Morgan fingerprint density at radius 1 is 1.19 bits per heavy atom. The molecule has 0 spiro atoms. The minimum Gasteiger partial charge on any atom is -0.478 e. The van der Waals surface area contributed by atoms with Gasteiger partial charge in [-0.2, -0.15) is 0 Å². The maximum atomic E-state index is 9.55. The van der Waals surface area contributed by atoms with Gasteiger partial charge >= 0.3 is 11.9 Å². The molecule has 4 N–H and O–H groups in total. The SMILES string of the molecule is CN1CCN(CCC2CN(C)C(=S)c3cccnc3O2)CC1.O.O=C(O)/C=C/C(=O)O. The van der Waals surface area contributed by atoms with Crippen LogP contribution in [0.25, 0.3) is 0 Å². The zero-order valence-electron chi connectivity index (χ0n) is 17.7. The molecule has 0 bridgehead atoms. The van der Waals surface area contributed by atoms with E-state index in [1.54, 1.807) is 6.20 Å². The Kier molecular flexibility index (Phi) is 11.0. The van der Waals surface area contributed by atoms with Crippen molar-refractivity contribution in [2.45, 2.75) is 12.5 Å². The van der Waals surface area contributed by atoms with Crippen LogP contribution in [-0.4, -0.2) is 112 Å². The average molecular weight is 455 g/mol. The first-order chi connectivity index (χ1) is 14.3. The van der Waals surface area contributed by atoms with E-state index in [0.717, 1.165) is 56.2 Å². The zero-order valence-corrected chi connectivity index (χ0v) is 18.5. The van der Waals surface area contributed by atoms with Gasteiger partial charge in [0.2, 0.25) is 5.88 Å². The van der Waals surface area contributed by atoms with Crippen molar-refractivity contribution in [3.05, 3.63) is 36.0 Å². The molecule has 1 aromatic rings. The molecule has 1 fully saturated rings. The molecule has 0 amide bonds. The van der Waals surface area contributed by atoms with Gasteiger partial charge in [-0.3, -0.25) is 0 Å². The van der Waals surface area contributed by atoms with Crippen molar-refractivity contribution >= 4 is 29.1 Å². The zero-order chi connectivity index (χ0) is 22.1. The van der Waals surface area contributed by atoms with E-state index < -0.39 is 11.9 Å². The van der Waals surface area contributed by atoms with Gasteiger partial charge in [0.15, 0.2) is 0 Å². The fourth-order valence-electron chi connectivity index (χ4n) is 3.13. The Morgan fingerprint density at radius 3 is 2.39 bits per heavy atom. The molecular formula is C20H30N4O6S. The van der Waals surface area contributed by atoms with Crippen LogP contribution >= 0.6 is 12.2 Å². The smallest absolute Gasteiger partial charge is 0.328 e. The van der Waals surface area contributed by atoms with Crippen molar-refractivity contribution in [3.8, 4) is 5.88 Å². The molecule has 0 saturated carbocycles. The van der Waals surface area contributed by atoms with Crippen molar-refractivity contribution in [2.75, 3.05) is 53.4 Å². The number of hydrogen-bond acceptors (Lipinski definition) is 7. The molecule has 3 rings (SSSR count). The number of fused-ring (bicyclic) bond motifs is 1. The third-order valence-electron chi connectivity index (χ3n) is 4.84. The first-order valence-corrected chi connectivity index (χ1v) is 10.1. The first kappa shape index (κ1) is 26.4. The van der Waals surface area contributed by atoms with Gasteiger partial charge in [-0.05, 0) is 25.6 Å². The number of nitrogens with zero attached hydrogens (tertiary/aromatic N) is 4. The summed E-state index contributed by atoms with van der Waals surface area (Å²) < 4.78 is 6.13. The van der Waals surface area contributed by atoms with E-state index in [1.807, 2.05) is 19.2 Å². The number of pyridine rings is 1. The standard InChI is InChI=1S/C16H24N4OS.C4H4O4.H2O/c1-18-8-10-20(11-9-18)7-5-13-12-19(2)16(22)14-4-3-6-17-15(14)21-13;5-3(6)1-2-4(7)8;/h3-4,6,13H,5,7-12H2,1-2H3;1-2H,(H,5,6)(H,7,8);1H2/b;2-1+;. The molecule has 31 heavy (non-hydrogen) atoms. The molecule has 2 aliphatic rings. The Labute approximate surface area is 187 Å². The number of likely N-dealkylation sites (N-methyl/N-ethyl adjacent to an activating group) is 2. The van der Waals surface area contributed by atoms with Crippen LogP contribution in [-0.2, 0) is 9.59 Å². The molecule has 10 nitrogen and oxygen atoms in total. The molecule has 0 radical (unpaired) electrons. The number of piperazine rings is 1. The van der Waals surface area contributed by atoms with Gasteiger partial charge in [0.1, 0.15) is 11.1 Å². The van der Waals surface area contributed by atoms with Crippen LogP contribution in [0.3, 0.4) is 0 Å². The van der Waals surface area contributed by atoms with E-state index in [4.69, 9.17) is 27.2 Å². The number of carbonyl (C=O) groups is 2. The van der Waals surface area contributed by atoms with Gasteiger partial charge < -0.3 is 35.1 Å². The monoisotopic (exact) mass is 454 g/mol. The highest BCUT2D eigenvalue weighted by atomic mass is 32.1. The van der Waals surface area contributed by atoms with Crippen molar-refractivity contribution < 1.29 is 30.0 Å². The number of carboxylic acids is 2. The van der Waals surface area contributed by atoms with Crippen LogP contribution < -0.4 is 4.74 Å². The molecule has 3 heterocycles.